The van der Waals surface area contributed by atoms with E-state index in [9.17, 15) is 27.6 Å². The summed E-state index contributed by atoms with van der Waals surface area (Å²) >= 11 is 0. The number of carbonyl (C=O) groups excluding carboxylic acids is 3. The summed E-state index contributed by atoms with van der Waals surface area (Å²) in [6, 6.07) is 10.5. The van der Waals surface area contributed by atoms with E-state index < -0.39 is 17.6 Å². The van der Waals surface area contributed by atoms with Gasteiger partial charge in [0.15, 0.2) is 0 Å². The first-order valence-corrected chi connectivity index (χ1v) is 11.0. The number of alkyl halides is 3. The van der Waals surface area contributed by atoms with Gasteiger partial charge in [-0.3, -0.25) is 19.3 Å². The van der Waals surface area contributed by atoms with Crippen LogP contribution in [0, 0.1) is 0 Å². The molecular weight excluding hydrogens is 449 g/mol. The number of piperidine rings is 1. The quantitative estimate of drug-likeness (QED) is 0.566. The van der Waals surface area contributed by atoms with Crippen molar-refractivity contribution in [1.29, 1.82) is 0 Å². The minimum absolute atomic E-state index is 0.0110. The molecule has 1 saturated heterocycles. The minimum Gasteiger partial charge on any atom is -0.352 e. The maximum Gasteiger partial charge on any atom is 0.416 e. The number of carbonyl (C=O) groups is 3. The Morgan fingerprint density at radius 3 is 2.41 bits per heavy atom. The first-order valence-electron chi connectivity index (χ1n) is 11.0. The van der Waals surface area contributed by atoms with Crippen LogP contribution in [0.2, 0.25) is 0 Å². The molecule has 3 amide bonds. The minimum atomic E-state index is -4.51. The molecule has 1 fully saturated rings. The summed E-state index contributed by atoms with van der Waals surface area (Å²) in [6.07, 6.45) is -2.37. The zero-order valence-electron chi connectivity index (χ0n) is 18.7. The molecule has 3 N–H and O–H groups in total. The summed E-state index contributed by atoms with van der Waals surface area (Å²) in [5, 5.41) is 8.15. The Balaban J connectivity index is 1.57. The topological polar surface area (TPSA) is 90.5 Å². The smallest absolute Gasteiger partial charge is 0.352 e. The first-order chi connectivity index (χ1) is 16.1. The molecule has 0 spiro atoms. The Morgan fingerprint density at radius 2 is 1.71 bits per heavy atom. The van der Waals surface area contributed by atoms with Crippen molar-refractivity contribution >= 4 is 29.1 Å². The second kappa shape index (κ2) is 11.1. The SMILES string of the molecule is CCC(=O)NC1CCCN(CC(=O)Nc2cccc(C(=O)Nc3cccc(C(F)(F)F)c3)c2)C1. The van der Waals surface area contributed by atoms with Crippen molar-refractivity contribution in [3.8, 4) is 0 Å². The van der Waals surface area contributed by atoms with E-state index in [-0.39, 0.29) is 35.7 Å². The van der Waals surface area contributed by atoms with Crippen LogP contribution in [-0.2, 0) is 15.8 Å². The number of hydrogen-bond donors (Lipinski definition) is 3. The summed E-state index contributed by atoms with van der Waals surface area (Å²) in [7, 11) is 0. The van der Waals surface area contributed by atoms with E-state index in [2.05, 4.69) is 16.0 Å². The predicted molar refractivity (Wildman–Crippen MR) is 122 cm³/mol. The van der Waals surface area contributed by atoms with Crippen LogP contribution in [0.15, 0.2) is 48.5 Å². The van der Waals surface area contributed by atoms with Gasteiger partial charge in [0.2, 0.25) is 11.8 Å². The highest BCUT2D eigenvalue weighted by atomic mass is 19.4. The van der Waals surface area contributed by atoms with E-state index in [0.717, 1.165) is 31.5 Å². The predicted octanol–water partition coefficient (Wildman–Crippen LogP) is 3.89. The van der Waals surface area contributed by atoms with Crippen LogP contribution in [0.25, 0.3) is 0 Å². The second-order valence-electron chi connectivity index (χ2n) is 8.16. The summed E-state index contributed by atoms with van der Waals surface area (Å²) in [5.41, 5.74) is -0.255. The Kier molecular flexibility index (Phi) is 8.27. The van der Waals surface area contributed by atoms with Crippen LogP contribution in [0.3, 0.4) is 0 Å². The molecule has 1 heterocycles. The van der Waals surface area contributed by atoms with Crippen molar-refractivity contribution in [3.05, 3.63) is 59.7 Å². The van der Waals surface area contributed by atoms with Crippen LogP contribution in [0.1, 0.15) is 42.1 Å². The average molecular weight is 476 g/mol. The lowest BCUT2D eigenvalue weighted by atomic mass is 10.1. The number of nitrogens with zero attached hydrogens (tertiary/aromatic N) is 1. The summed E-state index contributed by atoms with van der Waals surface area (Å²) in [4.78, 5) is 38.6. The Bertz CT molecular complexity index is 1040. The van der Waals surface area contributed by atoms with Crippen LogP contribution in [0.5, 0.6) is 0 Å². The van der Waals surface area contributed by atoms with Crippen molar-refractivity contribution in [1.82, 2.24) is 10.2 Å². The Hall–Kier alpha value is -3.40. The van der Waals surface area contributed by atoms with Crippen molar-refractivity contribution in [3.63, 3.8) is 0 Å². The lowest BCUT2D eigenvalue weighted by Crippen LogP contribution is -2.49. The summed E-state index contributed by atoms with van der Waals surface area (Å²) < 4.78 is 38.7. The fourth-order valence-electron chi connectivity index (χ4n) is 3.77. The molecule has 1 unspecified atom stereocenters. The lowest BCUT2D eigenvalue weighted by molar-refractivity contribution is -0.137. The van der Waals surface area contributed by atoms with Gasteiger partial charge in [0.25, 0.3) is 5.91 Å². The molecule has 3 rings (SSSR count). The van der Waals surface area contributed by atoms with Gasteiger partial charge in [0.05, 0.1) is 12.1 Å². The number of likely N-dealkylation sites (tertiary alicyclic amines) is 1. The molecule has 7 nitrogen and oxygen atoms in total. The maximum absolute atomic E-state index is 12.9. The highest BCUT2D eigenvalue weighted by Gasteiger charge is 2.30. The Morgan fingerprint density at radius 1 is 1.00 bits per heavy atom. The fourth-order valence-corrected chi connectivity index (χ4v) is 3.77. The molecule has 1 atom stereocenters. The van der Waals surface area contributed by atoms with Gasteiger partial charge in [-0.1, -0.05) is 19.1 Å². The van der Waals surface area contributed by atoms with Gasteiger partial charge in [-0.25, -0.2) is 0 Å². The standard InChI is InChI=1S/C24H27F3N4O3/c1-2-21(32)29-20-10-5-11-31(14-20)15-22(33)28-18-8-3-6-16(12-18)23(34)30-19-9-4-7-17(13-19)24(25,26)27/h3-4,6-9,12-13,20H,2,5,10-11,14-15H2,1H3,(H,28,33)(H,29,32)(H,30,34). The number of halogens is 3. The average Bonchev–Trinajstić information content (AvgIpc) is 2.79. The van der Waals surface area contributed by atoms with E-state index in [1.807, 2.05) is 4.90 Å². The molecule has 2 aromatic rings. The molecule has 10 heteroatoms. The van der Waals surface area contributed by atoms with Crippen molar-refractivity contribution in [2.75, 3.05) is 30.3 Å². The molecular formula is C24H27F3N4O3. The third kappa shape index (κ3) is 7.31. The molecule has 0 saturated carbocycles. The largest absolute Gasteiger partial charge is 0.416 e. The van der Waals surface area contributed by atoms with Crippen LogP contribution in [0.4, 0.5) is 24.5 Å². The van der Waals surface area contributed by atoms with Gasteiger partial charge in [-0.2, -0.15) is 13.2 Å². The zero-order valence-corrected chi connectivity index (χ0v) is 18.7. The van der Waals surface area contributed by atoms with E-state index in [0.29, 0.717) is 18.7 Å². The van der Waals surface area contributed by atoms with Crippen LogP contribution in [-0.4, -0.2) is 48.3 Å². The van der Waals surface area contributed by atoms with E-state index in [1.165, 1.54) is 24.3 Å². The first kappa shape index (κ1) is 25.2. The highest BCUT2D eigenvalue weighted by Crippen LogP contribution is 2.30. The van der Waals surface area contributed by atoms with Crippen molar-refractivity contribution < 1.29 is 27.6 Å². The third-order valence-corrected chi connectivity index (χ3v) is 5.42. The number of benzene rings is 2. The van der Waals surface area contributed by atoms with Crippen LogP contribution < -0.4 is 16.0 Å². The summed E-state index contributed by atoms with van der Waals surface area (Å²) in [6.45, 7) is 3.25. The zero-order chi connectivity index (χ0) is 24.7. The molecule has 0 radical (unpaired) electrons. The fraction of sp³-hybridized carbons (Fsp3) is 0.375. The van der Waals surface area contributed by atoms with Gasteiger partial charge >= 0.3 is 6.18 Å². The van der Waals surface area contributed by atoms with Gasteiger partial charge in [-0.05, 0) is 55.8 Å². The molecule has 1 aliphatic rings. The van der Waals surface area contributed by atoms with E-state index >= 15 is 0 Å². The van der Waals surface area contributed by atoms with E-state index in [1.54, 1.807) is 19.1 Å². The van der Waals surface area contributed by atoms with Gasteiger partial charge < -0.3 is 16.0 Å². The number of amides is 3. The molecule has 0 aromatic heterocycles. The Labute approximate surface area is 195 Å². The monoisotopic (exact) mass is 476 g/mol. The molecule has 0 bridgehead atoms. The maximum atomic E-state index is 12.9. The number of anilines is 2. The highest BCUT2D eigenvalue weighted by molar-refractivity contribution is 6.05. The number of nitrogens with one attached hydrogen (secondary N) is 3. The van der Waals surface area contributed by atoms with Gasteiger partial charge in [0, 0.05) is 35.9 Å². The van der Waals surface area contributed by atoms with E-state index in [4.69, 9.17) is 0 Å². The molecule has 2 aromatic carbocycles. The number of rotatable bonds is 7. The molecule has 182 valence electrons. The molecule has 0 aliphatic carbocycles. The van der Waals surface area contributed by atoms with Crippen molar-refractivity contribution in [2.45, 2.75) is 38.4 Å². The van der Waals surface area contributed by atoms with Crippen LogP contribution >= 0.6 is 0 Å². The molecule has 1 aliphatic heterocycles. The molecule has 34 heavy (non-hydrogen) atoms. The van der Waals surface area contributed by atoms with Gasteiger partial charge in [-0.15, -0.1) is 0 Å². The van der Waals surface area contributed by atoms with Crippen molar-refractivity contribution in [2.24, 2.45) is 0 Å². The number of hydrogen-bond acceptors (Lipinski definition) is 4. The third-order valence-electron chi connectivity index (χ3n) is 5.42. The normalized spacial score (nSPS) is 16.5. The van der Waals surface area contributed by atoms with Gasteiger partial charge in [0.1, 0.15) is 0 Å². The second-order valence-corrected chi connectivity index (χ2v) is 8.16. The lowest BCUT2D eigenvalue weighted by Gasteiger charge is -2.32. The summed E-state index contributed by atoms with van der Waals surface area (Å²) in [5.74, 6) is -0.879.